The third-order valence-electron chi connectivity index (χ3n) is 3.94. The van der Waals surface area contributed by atoms with Gasteiger partial charge in [0.1, 0.15) is 0 Å². The Morgan fingerprint density at radius 2 is 1.90 bits per heavy atom. The lowest BCUT2D eigenvalue weighted by molar-refractivity contribution is 0.278. The Hall–Kier alpha value is -0.740. The highest BCUT2D eigenvalue weighted by atomic mass is 79.9. The van der Waals surface area contributed by atoms with Gasteiger partial charge >= 0.3 is 0 Å². The van der Waals surface area contributed by atoms with E-state index in [-0.39, 0.29) is 0 Å². The first-order chi connectivity index (χ1) is 9.63. The topological polar surface area (TPSA) is 30.5 Å². The van der Waals surface area contributed by atoms with Crippen LogP contribution in [0.15, 0.2) is 10.5 Å². The SMILES string of the molecule is CCOc1cc(Br)c2c(c1OCC)C(NC)CCC2C. The van der Waals surface area contributed by atoms with Crippen LogP contribution in [0.1, 0.15) is 56.7 Å². The first-order valence-corrected chi connectivity index (χ1v) is 8.22. The van der Waals surface area contributed by atoms with E-state index in [0.29, 0.717) is 25.2 Å². The maximum atomic E-state index is 5.94. The van der Waals surface area contributed by atoms with Crippen LogP contribution < -0.4 is 14.8 Å². The molecule has 2 rings (SSSR count). The lowest BCUT2D eigenvalue weighted by Crippen LogP contribution is -2.24. The van der Waals surface area contributed by atoms with Gasteiger partial charge in [-0.1, -0.05) is 22.9 Å². The van der Waals surface area contributed by atoms with Gasteiger partial charge in [0.15, 0.2) is 11.5 Å². The second-order valence-corrected chi connectivity index (χ2v) is 6.05. The van der Waals surface area contributed by atoms with Crippen LogP contribution >= 0.6 is 15.9 Å². The first-order valence-electron chi connectivity index (χ1n) is 7.43. The van der Waals surface area contributed by atoms with Gasteiger partial charge in [-0.05, 0) is 51.3 Å². The maximum Gasteiger partial charge on any atom is 0.166 e. The quantitative estimate of drug-likeness (QED) is 0.860. The Bertz CT molecular complexity index is 476. The zero-order chi connectivity index (χ0) is 14.7. The Balaban J connectivity index is 2.64. The number of ether oxygens (including phenoxy) is 2. The summed E-state index contributed by atoms with van der Waals surface area (Å²) in [5.74, 6) is 2.30. The van der Waals surface area contributed by atoms with Gasteiger partial charge in [-0.2, -0.15) is 0 Å². The van der Waals surface area contributed by atoms with Crippen LogP contribution in [-0.4, -0.2) is 20.3 Å². The summed E-state index contributed by atoms with van der Waals surface area (Å²) in [4.78, 5) is 0. The third-order valence-corrected chi connectivity index (χ3v) is 4.60. The van der Waals surface area contributed by atoms with Gasteiger partial charge in [-0.15, -0.1) is 0 Å². The Kier molecular flexibility index (Phi) is 5.33. The van der Waals surface area contributed by atoms with E-state index in [2.05, 4.69) is 34.2 Å². The van der Waals surface area contributed by atoms with Gasteiger partial charge in [0.2, 0.25) is 0 Å². The summed E-state index contributed by atoms with van der Waals surface area (Å²) in [6.45, 7) is 7.60. The van der Waals surface area contributed by atoms with Crippen molar-refractivity contribution < 1.29 is 9.47 Å². The molecule has 0 fully saturated rings. The molecule has 0 radical (unpaired) electrons. The van der Waals surface area contributed by atoms with Crippen molar-refractivity contribution >= 4 is 15.9 Å². The lowest BCUT2D eigenvalue weighted by atomic mass is 9.80. The number of hydrogen-bond donors (Lipinski definition) is 1. The van der Waals surface area contributed by atoms with E-state index >= 15 is 0 Å². The molecule has 0 aliphatic heterocycles. The molecule has 20 heavy (non-hydrogen) atoms. The molecule has 1 aliphatic rings. The second-order valence-electron chi connectivity index (χ2n) is 5.20. The second kappa shape index (κ2) is 6.81. The van der Waals surface area contributed by atoms with E-state index in [4.69, 9.17) is 9.47 Å². The van der Waals surface area contributed by atoms with Crippen LogP contribution in [0.25, 0.3) is 0 Å². The third kappa shape index (κ3) is 2.82. The zero-order valence-corrected chi connectivity index (χ0v) is 14.3. The fourth-order valence-electron chi connectivity index (χ4n) is 3.04. The summed E-state index contributed by atoms with van der Waals surface area (Å²) in [5, 5.41) is 3.42. The first kappa shape index (κ1) is 15.6. The lowest BCUT2D eigenvalue weighted by Gasteiger charge is -2.33. The fraction of sp³-hybridized carbons (Fsp3) is 0.625. The molecule has 1 aliphatic carbocycles. The van der Waals surface area contributed by atoms with Gasteiger partial charge in [-0.25, -0.2) is 0 Å². The molecule has 0 bridgehead atoms. The Labute approximate surface area is 130 Å². The minimum atomic E-state index is 0.333. The molecule has 0 saturated heterocycles. The largest absolute Gasteiger partial charge is 0.490 e. The van der Waals surface area contributed by atoms with Crippen molar-refractivity contribution in [2.45, 2.75) is 45.6 Å². The van der Waals surface area contributed by atoms with Gasteiger partial charge in [0.05, 0.1) is 13.2 Å². The zero-order valence-electron chi connectivity index (χ0n) is 12.8. The van der Waals surface area contributed by atoms with Gasteiger partial charge in [0.25, 0.3) is 0 Å². The Morgan fingerprint density at radius 1 is 1.20 bits per heavy atom. The molecule has 0 spiro atoms. The number of hydrogen-bond acceptors (Lipinski definition) is 3. The standard InChI is InChI=1S/C16H24BrNO2/c1-5-19-13-9-11(17)14-10(3)7-8-12(18-4)15(14)16(13)20-6-2/h9-10,12,18H,5-8H2,1-4H3. The molecule has 2 unspecified atom stereocenters. The predicted octanol–water partition coefficient (Wildman–Crippen LogP) is 4.40. The highest BCUT2D eigenvalue weighted by Crippen LogP contribution is 2.49. The number of nitrogens with one attached hydrogen (secondary N) is 1. The summed E-state index contributed by atoms with van der Waals surface area (Å²) < 4.78 is 12.9. The maximum absolute atomic E-state index is 5.94. The van der Waals surface area contributed by atoms with Crippen molar-refractivity contribution in [1.82, 2.24) is 5.32 Å². The molecule has 4 heteroatoms. The van der Waals surface area contributed by atoms with Crippen molar-refractivity contribution in [2.75, 3.05) is 20.3 Å². The summed E-state index contributed by atoms with van der Waals surface area (Å²) in [7, 11) is 2.02. The van der Waals surface area contributed by atoms with Crippen LogP contribution in [0.5, 0.6) is 11.5 Å². The molecular formula is C16H24BrNO2. The van der Waals surface area contributed by atoms with E-state index in [9.17, 15) is 0 Å². The summed E-state index contributed by atoms with van der Waals surface area (Å²) in [5.41, 5.74) is 2.63. The highest BCUT2D eigenvalue weighted by molar-refractivity contribution is 9.10. The minimum Gasteiger partial charge on any atom is -0.490 e. The van der Waals surface area contributed by atoms with Gasteiger partial charge in [-0.3, -0.25) is 0 Å². The smallest absolute Gasteiger partial charge is 0.166 e. The van der Waals surface area contributed by atoms with Crippen LogP contribution in [0.3, 0.4) is 0 Å². The summed E-state index contributed by atoms with van der Waals surface area (Å²) in [6.07, 6.45) is 2.32. The molecular weight excluding hydrogens is 318 g/mol. The molecule has 3 nitrogen and oxygen atoms in total. The molecule has 112 valence electrons. The van der Waals surface area contributed by atoms with Crippen molar-refractivity contribution in [1.29, 1.82) is 0 Å². The van der Waals surface area contributed by atoms with Gasteiger partial charge < -0.3 is 14.8 Å². The molecule has 0 amide bonds. The minimum absolute atomic E-state index is 0.333. The Morgan fingerprint density at radius 3 is 2.50 bits per heavy atom. The van der Waals surface area contributed by atoms with Crippen molar-refractivity contribution in [3.05, 3.63) is 21.7 Å². The van der Waals surface area contributed by atoms with Crippen LogP contribution in [0.4, 0.5) is 0 Å². The van der Waals surface area contributed by atoms with Crippen molar-refractivity contribution in [3.63, 3.8) is 0 Å². The van der Waals surface area contributed by atoms with Crippen molar-refractivity contribution in [3.8, 4) is 11.5 Å². The van der Waals surface area contributed by atoms with Gasteiger partial charge in [0, 0.05) is 16.1 Å². The van der Waals surface area contributed by atoms with Crippen LogP contribution in [0, 0.1) is 0 Å². The summed E-state index contributed by atoms with van der Waals surface area (Å²) in [6, 6.07) is 2.39. The van der Waals surface area contributed by atoms with E-state index < -0.39 is 0 Å². The average molecular weight is 342 g/mol. The van der Waals surface area contributed by atoms with E-state index in [1.54, 1.807) is 0 Å². The van der Waals surface area contributed by atoms with E-state index in [0.717, 1.165) is 22.4 Å². The average Bonchev–Trinajstić information content (AvgIpc) is 2.43. The van der Waals surface area contributed by atoms with Crippen molar-refractivity contribution in [2.24, 2.45) is 0 Å². The molecule has 1 aromatic rings. The number of halogens is 1. The predicted molar refractivity (Wildman–Crippen MR) is 85.9 cm³/mol. The normalized spacial score (nSPS) is 21.4. The highest BCUT2D eigenvalue weighted by Gasteiger charge is 2.31. The molecule has 1 N–H and O–H groups in total. The van der Waals surface area contributed by atoms with E-state index in [1.807, 2.05) is 20.9 Å². The van der Waals surface area contributed by atoms with Crippen LogP contribution in [-0.2, 0) is 0 Å². The molecule has 0 heterocycles. The van der Waals surface area contributed by atoms with E-state index in [1.165, 1.54) is 17.5 Å². The summed E-state index contributed by atoms with van der Waals surface area (Å²) >= 11 is 3.72. The monoisotopic (exact) mass is 341 g/mol. The molecule has 0 saturated carbocycles. The number of fused-ring (bicyclic) bond motifs is 1. The number of benzene rings is 1. The van der Waals surface area contributed by atoms with Crippen LogP contribution in [0.2, 0.25) is 0 Å². The number of rotatable bonds is 5. The molecule has 2 atom stereocenters. The fourth-order valence-corrected chi connectivity index (χ4v) is 3.85. The molecule has 1 aromatic carbocycles. The molecule has 0 aromatic heterocycles.